The number of nitrogens with one attached hydrogen (secondary N) is 1. The molecule has 1 heterocycles. The van der Waals surface area contributed by atoms with Gasteiger partial charge in [-0.15, -0.1) is 0 Å². The first-order chi connectivity index (χ1) is 10.8. The molecule has 0 aliphatic carbocycles. The van der Waals surface area contributed by atoms with Crippen LogP contribution in [0.25, 0.3) is 0 Å². The molecular formula is C14H13BrF3N3O2. The van der Waals surface area contributed by atoms with Crippen LogP contribution in [0.4, 0.5) is 13.2 Å². The first kappa shape index (κ1) is 17.3. The van der Waals surface area contributed by atoms with Crippen LogP contribution in [0.5, 0.6) is 5.75 Å². The smallest absolute Gasteiger partial charge is 0.435 e. The molecule has 0 aliphatic rings. The maximum atomic E-state index is 12.4. The van der Waals surface area contributed by atoms with Gasteiger partial charge >= 0.3 is 6.18 Å². The van der Waals surface area contributed by atoms with Crippen LogP contribution >= 0.6 is 15.9 Å². The lowest BCUT2D eigenvalue weighted by molar-refractivity contribution is -0.141. The molecule has 0 saturated heterocycles. The Hall–Kier alpha value is -2.03. The summed E-state index contributed by atoms with van der Waals surface area (Å²) in [4.78, 5) is 12.1. The van der Waals surface area contributed by atoms with E-state index in [1.54, 1.807) is 18.2 Å². The highest BCUT2D eigenvalue weighted by atomic mass is 79.9. The normalized spacial score (nSPS) is 11.3. The van der Waals surface area contributed by atoms with Gasteiger partial charge in [-0.3, -0.25) is 9.48 Å². The molecule has 0 bridgehead atoms. The number of hydrogen-bond donors (Lipinski definition) is 1. The van der Waals surface area contributed by atoms with E-state index in [2.05, 4.69) is 26.3 Å². The molecule has 0 saturated carbocycles. The molecular weight excluding hydrogens is 379 g/mol. The minimum atomic E-state index is -4.47. The minimum Gasteiger partial charge on any atom is -0.497 e. The molecule has 9 heteroatoms. The number of nitrogens with zero attached hydrogens (tertiary/aromatic N) is 2. The van der Waals surface area contributed by atoms with Gasteiger partial charge in [0.1, 0.15) is 5.75 Å². The van der Waals surface area contributed by atoms with Gasteiger partial charge in [0.15, 0.2) is 5.69 Å². The SMILES string of the molecule is COc1ccc(Br)c(C(=O)NCCn2ccc(C(F)(F)F)n2)c1. The summed E-state index contributed by atoms with van der Waals surface area (Å²) in [6.07, 6.45) is -3.25. The van der Waals surface area contributed by atoms with E-state index in [1.807, 2.05) is 0 Å². The summed E-state index contributed by atoms with van der Waals surface area (Å²) in [7, 11) is 1.49. The van der Waals surface area contributed by atoms with Gasteiger partial charge in [0.25, 0.3) is 5.91 Å². The highest BCUT2D eigenvalue weighted by molar-refractivity contribution is 9.10. The van der Waals surface area contributed by atoms with Crippen LogP contribution in [0.15, 0.2) is 34.9 Å². The van der Waals surface area contributed by atoms with Crippen molar-refractivity contribution in [3.8, 4) is 5.75 Å². The largest absolute Gasteiger partial charge is 0.497 e. The summed E-state index contributed by atoms with van der Waals surface area (Å²) in [6, 6.07) is 5.83. The molecule has 0 unspecified atom stereocenters. The number of ether oxygens (including phenoxy) is 1. The van der Waals surface area contributed by atoms with E-state index in [9.17, 15) is 18.0 Å². The van der Waals surface area contributed by atoms with Gasteiger partial charge in [-0.05, 0) is 40.2 Å². The summed E-state index contributed by atoms with van der Waals surface area (Å²) >= 11 is 3.26. The van der Waals surface area contributed by atoms with E-state index in [4.69, 9.17) is 4.74 Å². The van der Waals surface area contributed by atoms with E-state index in [0.717, 1.165) is 10.7 Å². The molecule has 0 fully saturated rings. The number of benzene rings is 1. The van der Waals surface area contributed by atoms with Crippen molar-refractivity contribution in [2.24, 2.45) is 0 Å². The summed E-state index contributed by atoms with van der Waals surface area (Å²) < 4.78 is 44.0. The van der Waals surface area contributed by atoms with Gasteiger partial charge in [-0.2, -0.15) is 18.3 Å². The Bertz CT molecular complexity index is 701. The van der Waals surface area contributed by atoms with Crippen molar-refractivity contribution in [2.45, 2.75) is 12.7 Å². The number of alkyl halides is 3. The van der Waals surface area contributed by atoms with E-state index >= 15 is 0 Å². The third-order valence-electron chi connectivity index (χ3n) is 2.98. The van der Waals surface area contributed by atoms with Gasteiger partial charge < -0.3 is 10.1 Å². The summed E-state index contributed by atoms with van der Waals surface area (Å²) in [5, 5.41) is 6.03. The number of halogens is 4. The fraction of sp³-hybridized carbons (Fsp3) is 0.286. The molecule has 2 aromatic rings. The number of carbonyl (C=O) groups excluding carboxylic acids is 1. The fourth-order valence-corrected chi connectivity index (χ4v) is 2.25. The Labute approximate surface area is 138 Å². The summed E-state index contributed by atoms with van der Waals surface area (Å²) in [5.41, 5.74) is -0.583. The monoisotopic (exact) mass is 391 g/mol. The molecule has 0 radical (unpaired) electrons. The maximum absolute atomic E-state index is 12.4. The zero-order chi connectivity index (χ0) is 17.0. The van der Waals surface area contributed by atoms with Crippen LogP contribution in [-0.4, -0.2) is 29.3 Å². The van der Waals surface area contributed by atoms with Crippen LogP contribution in [0.2, 0.25) is 0 Å². The Morgan fingerprint density at radius 2 is 2.13 bits per heavy atom. The Balaban J connectivity index is 1.94. The molecule has 1 aromatic carbocycles. The van der Waals surface area contributed by atoms with Crippen LogP contribution in [0.3, 0.4) is 0 Å². The molecule has 1 aromatic heterocycles. The molecule has 1 amide bonds. The molecule has 124 valence electrons. The molecule has 0 atom stereocenters. The van der Waals surface area contributed by atoms with Crippen molar-refractivity contribution in [1.29, 1.82) is 0 Å². The lowest BCUT2D eigenvalue weighted by atomic mass is 10.2. The second-order valence-electron chi connectivity index (χ2n) is 4.56. The lowest BCUT2D eigenvalue weighted by Crippen LogP contribution is -2.27. The number of aromatic nitrogens is 2. The van der Waals surface area contributed by atoms with E-state index in [0.29, 0.717) is 15.8 Å². The molecule has 23 heavy (non-hydrogen) atoms. The number of hydrogen-bond acceptors (Lipinski definition) is 3. The van der Waals surface area contributed by atoms with Gasteiger partial charge in [-0.25, -0.2) is 0 Å². The highest BCUT2D eigenvalue weighted by Gasteiger charge is 2.33. The van der Waals surface area contributed by atoms with Crippen molar-refractivity contribution in [3.63, 3.8) is 0 Å². The van der Waals surface area contributed by atoms with Crippen molar-refractivity contribution in [3.05, 3.63) is 46.2 Å². The number of amides is 1. The number of rotatable bonds is 5. The van der Waals surface area contributed by atoms with Gasteiger partial charge in [0, 0.05) is 17.2 Å². The van der Waals surface area contributed by atoms with Gasteiger partial charge in [-0.1, -0.05) is 0 Å². The molecule has 0 aliphatic heterocycles. The first-order valence-electron chi connectivity index (χ1n) is 6.53. The molecule has 5 nitrogen and oxygen atoms in total. The maximum Gasteiger partial charge on any atom is 0.435 e. The van der Waals surface area contributed by atoms with Crippen molar-refractivity contribution in [1.82, 2.24) is 15.1 Å². The van der Waals surface area contributed by atoms with Crippen molar-refractivity contribution < 1.29 is 22.7 Å². The number of methoxy groups -OCH3 is 1. The predicted octanol–water partition coefficient (Wildman–Crippen LogP) is 3.10. The zero-order valence-electron chi connectivity index (χ0n) is 12.0. The third kappa shape index (κ3) is 4.47. The minimum absolute atomic E-state index is 0.128. The van der Waals surface area contributed by atoms with Crippen molar-refractivity contribution in [2.75, 3.05) is 13.7 Å². The van der Waals surface area contributed by atoms with E-state index in [1.165, 1.54) is 13.3 Å². The predicted molar refractivity (Wildman–Crippen MR) is 80.3 cm³/mol. The molecule has 1 N–H and O–H groups in total. The fourth-order valence-electron chi connectivity index (χ4n) is 1.82. The van der Waals surface area contributed by atoms with Crippen LogP contribution in [0.1, 0.15) is 16.1 Å². The number of carbonyl (C=O) groups is 1. The van der Waals surface area contributed by atoms with Gasteiger partial charge in [0.2, 0.25) is 0 Å². The average molecular weight is 392 g/mol. The second-order valence-corrected chi connectivity index (χ2v) is 5.42. The van der Waals surface area contributed by atoms with Gasteiger partial charge in [0.05, 0.1) is 19.2 Å². The topological polar surface area (TPSA) is 56.1 Å². The first-order valence-corrected chi connectivity index (χ1v) is 7.33. The Kier molecular flexibility index (Phi) is 5.30. The Morgan fingerprint density at radius 1 is 1.39 bits per heavy atom. The highest BCUT2D eigenvalue weighted by Crippen LogP contribution is 2.27. The van der Waals surface area contributed by atoms with Crippen LogP contribution in [0, 0.1) is 0 Å². The van der Waals surface area contributed by atoms with Crippen LogP contribution < -0.4 is 10.1 Å². The quantitative estimate of drug-likeness (QED) is 0.851. The second kappa shape index (κ2) is 7.03. The van der Waals surface area contributed by atoms with E-state index < -0.39 is 11.9 Å². The molecule has 2 rings (SSSR count). The zero-order valence-corrected chi connectivity index (χ0v) is 13.6. The summed E-state index contributed by atoms with van der Waals surface area (Å²) in [5.74, 6) is 0.166. The third-order valence-corrected chi connectivity index (χ3v) is 3.67. The van der Waals surface area contributed by atoms with E-state index in [-0.39, 0.29) is 19.0 Å². The lowest BCUT2D eigenvalue weighted by Gasteiger charge is -2.09. The average Bonchev–Trinajstić information content (AvgIpc) is 2.96. The summed E-state index contributed by atoms with van der Waals surface area (Å²) in [6.45, 7) is 0.269. The molecule has 0 spiro atoms. The standard InChI is InChI=1S/C14H13BrF3N3O2/c1-23-9-2-3-11(15)10(8-9)13(22)19-5-7-21-6-4-12(20-21)14(16,17)18/h2-4,6,8H,5,7H2,1H3,(H,19,22). The van der Waals surface area contributed by atoms with Crippen molar-refractivity contribution >= 4 is 21.8 Å². The Morgan fingerprint density at radius 3 is 2.74 bits per heavy atom. The van der Waals surface area contributed by atoms with Crippen LogP contribution in [-0.2, 0) is 12.7 Å².